The predicted octanol–water partition coefficient (Wildman–Crippen LogP) is 0.889. The van der Waals surface area contributed by atoms with E-state index in [9.17, 15) is 4.79 Å². The number of rotatable bonds is 3. The van der Waals surface area contributed by atoms with Gasteiger partial charge in [-0.25, -0.2) is 0 Å². The third-order valence-electron chi connectivity index (χ3n) is 2.90. The van der Waals surface area contributed by atoms with E-state index in [0.717, 1.165) is 25.9 Å². The van der Waals surface area contributed by atoms with Crippen molar-refractivity contribution in [2.45, 2.75) is 45.2 Å². The number of nitriles is 1. The molecule has 0 saturated carbocycles. The molecule has 1 N–H and O–H groups in total. The van der Waals surface area contributed by atoms with E-state index in [1.54, 1.807) is 0 Å². The van der Waals surface area contributed by atoms with Gasteiger partial charge in [0.2, 0.25) is 5.91 Å². The predicted molar refractivity (Wildman–Crippen MR) is 58.1 cm³/mol. The molecule has 1 saturated heterocycles. The standard InChI is InChI=1S/C11H19N3O/c1-3-8-14-9(2)5-7-13-11(15)10(14)4-6-12/h9-10H,3-5,7-8H2,1-2H3,(H,13,15). The minimum absolute atomic E-state index is 0.00866. The van der Waals surface area contributed by atoms with Crippen molar-refractivity contribution in [2.24, 2.45) is 0 Å². The molecule has 1 aliphatic heterocycles. The Morgan fingerprint density at radius 2 is 2.40 bits per heavy atom. The van der Waals surface area contributed by atoms with Crippen LogP contribution >= 0.6 is 0 Å². The molecular formula is C11H19N3O. The van der Waals surface area contributed by atoms with E-state index in [1.165, 1.54) is 0 Å². The molecule has 1 fully saturated rings. The minimum Gasteiger partial charge on any atom is -0.355 e. The van der Waals surface area contributed by atoms with E-state index in [4.69, 9.17) is 5.26 Å². The number of amides is 1. The Bertz CT molecular complexity index is 259. The molecule has 4 heteroatoms. The fourth-order valence-electron chi connectivity index (χ4n) is 2.08. The lowest BCUT2D eigenvalue weighted by Crippen LogP contribution is -2.47. The number of carbonyl (C=O) groups is 1. The Kier molecular flexibility index (Phi) is 4.57. The van der Waals surface area contributed by atoms with Crippen LogP contribution < -0.4 is 5.32 Å². The van der Waals surface area contributed by atoms with Crippen LogP contribution in [0.25, 0.3) is 0 Å². The second kappa shape index (κ2) is 5.72. The van der Waals surface area contributed by atoms with Crippen LogP contribution in [-0.2, 0) is 4.79 Å². The molecule has 1 rings (SSSR count). The molecule has 0 aromatic rings. The van der Waals surface area contributed by atoms with Crippen LogP contribution in [0, 0.1) is 11.3 Å². The number of nitrogens with one attached hydrogen (secondary N) is 1. The number of hydrogen-bond acceptors (Lipinski definition) is 3. The zero-order valence-electron chi connectivity index (χ0n) is 9.49. The van der Waals surface area contributed by atoms with E-state index in [0.29, 0.717) is 6.04 Å². The second-order valence-corrected chi connectivity index (χ2v) is 4.04. The molecule has 0 aliphatic carbocycles. The molecule has 4 nitrogen and oxygen atoms in total. The first-order chi connectivity index (χ1) is 7.20. The highest BCUT2D eigenvalue weighted by molar-refractivity contribution is 5.82. The Morgan fingerprint density at radius 3 is 3.00 bits per heavy atom. The van der Waals surface area contributed by atoms with Gasteiger partial charge in [0.25, 0.3) is 0 Å². The summed E-state index contributed by atoms with van der Waals surface area (Å²) in [7, 11) is 0. The van der Waals surface area contributed by atoms with Gasteiger partial charge in [-0.3, -0.25) is 9.69 Å². The molecule has 0 radical (unpaired) electrons. The van der Waals surface area contributed by atoms with Crippen molar-refractivity contribution in [1.82, 2.24) is 10.2 Å². The van der Waals surface area contributed by atoms with Gasteiger partial charge in [-0.1, -0.05) is 6.92 Å². The van der Waals surface area contributed by atoms with Crippen molar-refractivity contribution in [1.29, 1.82) is 5.26 Å². The molecule has 2 atom stereocenters. The minimum atomic E-state index is -0.257. The third kappa shape index (κ3) is 2.93. The van der Waals surface area contributed by atoms with Crippen molar-refractivity contribution >= 4 is 5.91 Å². The topological polar surface area (TPSA) is 56.1 Å². The van der Waals surface area contributed by atoms with Gasteiger partial charge in [0, 0.05) is 12.6 Å². The molecule has 0 aromatic carbocycles. The van der Waals surface area contributed by atoms with E-state index in [-0.39, 0.29) is 18.4 Å². The van der Waals surface area contributed by atoms with Crippen molar-refractivity contribution in [3.63, 3.8) is 0 Å². The van der Waals surface area contributed by atoms with Crippen LogP contribution in [-0.4, -0.2) is 36.0 Å². The maximum absolute atomic E-state index is 11.7. The molecule has 0 spiro atoms. The largest absolute Gasteiger partial charge is 0.355 e. The Balaban J connectivity index is 2.79. The Hall–Kier alpha value is -1.08. The SMILES string of the molecule is CCCN1C(C)CCNC(=O)C1CC#N. The van der Waals surface area contributed by atoms with Crippen LogP contribution in [0.15, 0.2) is 0 Å². The molecule has 2 unspecified atom stereocenters. The third-order valence-corrected chi connectivity index (χ3v) is 2.90. The maximum atomic E-state index is 11.7. The average Bonchev–Trinajstić information content (AvgIpc) is 2.33. The quantitative estimate of drug-likeness (QED) is 0.751. The fraction of sp³-hybridized carbons (Fsp3) is 0.818. The maximum Gasteiger partial charge on any atom is 0.238 e. The zero-order chi connectivity index (χ0) is 11.3. The van der Waals surface area contributed by atoms with E-state index >= 15 is 0 Å². The summed E-state index contributed by atoms with van der Waals surface area (Å²) in [4.78, 5) is 13.9. The second-order valence-electron chi connectivity index (χ2n) is 4.04. The number of carbonyl (C=O) groups excluding carboxylic acids is 1. The van der Waals surface area contributed by atoms with Crippen molar-refractivity contribution in [3.05, 3.63) is 0 Å². The van der Waals surface area contributed by atoms with E-state index in [1.807, 2.05) is 0 Å². The normalized spacial score (nSPS) is 27.9. The van der Waals surface area contributed by atoms with Gasteiger partial charge < -0.3 is 5.32 Å². The van der Waals surface area contributed by atoms with Crippen LogP contribution in [0.2, 0.25) is 0 Å². The van der Waals surface area contributed by atoms with Gasteiger partial charge in [0.15, 0.2) is 0 Å². The molecule has 1 heterocycles. The van der Waals surface area contributed by atoms with Gasteiger partial charge in [0.1, 0.15) is 6.04 Å². The monoisotopic (exact) mass is 209 g/mol. The molecule has 1 aliphatic rings. The van der Waals surface area contributed by atoms with Gasteiger partial charge in [-0.05, 0) is 26.3 Å². The first-order valence-electron chi connectivity index (χ1n) is 5.61. The van der Waals surface area contributed by atoms with Gasteiger partial charge in [0.05, 0.1) is 12.5 Å². The van der Waals surface area contributed by atoms with Crippen LogP contribution in [0.3, 0.4) is 0 Å². The van der Waals surface area contributed by atoms with Gasteiger partial charge >= 0.3 is 0 Å². The molecular weight excluding hydrogens is 190 g/mol. The van der Waals surface area contributed by atoms with Gasteiger partial charge in [-0.2, -0.15) is 5.26 Å². The lowest BCUT2D eigenvalue weighted by molar-refractivity contribution is -0.125. The summed E-state index contributed by atoms with van der Waals surface area (Å²) in [6.07, 6.45) is 2.27. The number of hydrogen-bond donors (Lipinski definition) is 1. The highest BCUT2D eigenvalue weighted by atomic mass is 16.2. The summed E-state index contributed by atoms with van der Waals surface area (Å²) >= 11 is 0. The molecule has 0 aromatic heterocycles. The summed E-state index contributed by atoms with van der Waals surface area (Å²) in [5, 5.41) is 11.6. The lowest BCUT2D eigenvalue weighted by atomic mass is 10.1. The molecule has 84 valence electrons. The first kappa shape index (κ1) is 12.0. The Morgan fingerprint density at radius 1 is 1.67 bits per heavy atom. The van der Waals surface area contributed by atoms with Gasteiger partial charge in [-0.15, -0.1) is 0 Å². The van der Waals surface area contributed by atoms with E-state index in [2.05, 4.69) is 30.1 Å². The first-order valence-corrected chi connectivity index (χ1v) is 5.61. The average molecular weight is 209 g/mol. The van der Waals surface area contributed by atoms with Crippen molar-refractivity contribution in [2.75, 3.05) is 13.1 Å². The molecule has 0 bridgehead atoms. The fourth-order valence-corrected chi connectivity index (χ4v) is 2.08. The summed E-state index contributed by atoms with van der Waals surface area (Å²) in [5.74, 6) is 0.00866. The van der Waals surface area contributed by atoms with Crippen LogP contribution in [0.4, 0.5) is 0 Å². The van der Waals surface area contributed by atoms with Crippen LogP contribution in [0.1, 0.15) is 33.1 Å². The Labute approximate surface area is 91.2 Å². The summed E-state index contributed by atoms with van der Waals surface area (Å²) in [5.41, 5.74) is 0. The smallest absolute Gasteiger partial charge is 0.238 e. The highest BCUT2D eigenvalue weighted by Crippen LogP contribution is 2.15. The summed E-state index contributed by atoms with van der Waals surface area (Å²) < 4.78 is 0. The highest BCUT2D eigenvalue weighted by Gasteiger charge is 2.30. The van der Waals surface area contributed by atoms with Crippen molar-refractivity contribution < 1.29 is 4.79 Å². The van der Waals surface area contributed by atoms with E-state index < -0.39 is 0 Å². The molecule has 15 heavy (non-hydrogen) atoms. The zero-order valence-corrected chi connectivity index (χ0v) is 9.49. The summed E-state index contributed by atoms with van der Waals surface area (Å²) in [6, 6.07) is 2.22. The lowest BCUT2D eigenvalue weighted by Gasteiger charge is -2.31. The molecule has 1 amide bonds. The number of nitrogens with zero attached hydrogens (tertiary/aromatic N) is 2. The summed E-state index contributed by atoms with van der Waals surface area (Å²) in [6.45, 7) is 5.84. The van der Waals surface area contributed by atoms with Crippen molar-refractivity contribution in [3.8, 4) is 6.07 Å². The van der Waals surface area contributed by atoms with Crippen LogP contribution in [0.5, 0.6) is 0 Å².